The van der Waals surface area contributed by atoms with E-state index in [0.717, 1.165) is 32.4 Å². The normalized spacial score (nSPS) is 22.4. The minimum Gasteiger partial charge on any atom is -0.444 e. The Morgan fingerprint density at radius 3 is 1.75 bits per heavy atom. The van der Waals surface area contributed by atoms with E-state index in [1.165, 1.54) is 16.7 Å². The fraction of sp³-hybridized carbons (Fsp3) is 0.406. The number of hydrogen-bond acceptors (Lipinski definition) is 3. The Bertz CT molecular complexity index is 1080. The molecule has 3 aromatic rings. The highest BCUT2D eigenvalue weighted by molar-refractivity contribution is 5.71. The summed E-state index contributed by atoms with van der Waals surface area (Å²) >= 11 is 0. The zero-order valence-corrected chi connectivity index (χ0v) is 22.0. The third-order valence-electron chi connectivity index (χ3n) is 8.03. The molecule has 5 rings (SSSR count). The van der Waals surface area contributed by atoms with Crippen LogP contribution in [0.1, 0.15) is 63.6 Å². The Balaban J connectivity index is 1.67. The number of fused-ring (bicyclic) bond motifs is 2. The summed E-state index contributed by atoms with van der Waals surface area (Å²) in [7, 11) is 0. The maximum Gasteiger partial charge on any atom is 0.411 e. The molecule has 0 aliphatic carbocycles. The Morgan fingerprint density at radius 1 is 0.861 bits per heavy atom. The lowest BCUT2D eigenvalue weighted by molar-refractivity contribution is -0.0502. The van der Waals surface area contributed by atoms with Gasteiger partial charge in [-0.2, -0.15) is 0 Å². The van der Waals surface area contributed by atoms with Crippen LogP contribution in [0.2, 0.25) is 0 Å². The third kappa shape index (κ3) is 4.12. The summed E-state index contributed by atoms with van der Waals surface area (Å²) in [5.74, 6) is 0. The SMILES string of the molecule is CCC12CCC(CN(C(c3ccccc3)(c3ccccc3)c3ccccc3)C1)N2C(=O)OC(C)(C)C. The molecule has 2 unspecified atom stereocenters. The number of nitrogens with zero attached hydrogens (tertiary/aromatic N) is 2. The summed E-state index contributed by atoms with van der Waals surface area (Å²) in [5, 5.41) is 0. The summed E-state index contributed by atoms with van der Waals surface area (Å²) in [5.41, 5.74) is 2.52. The maximum absolute atomic E-state index is 13.5. The number of hydrogen-bond donors (Lipinski definition) is 0. The highest BCUT2D eigenvalue weighted by Crippen LogP contribution is 2.50. The first-order chi connectivity index (χ1) is 17.3. The molecule has 2 aliphatic heterocycles. The lowest BCUT2D eigenvalue weighted by atomic mass is 9.74. The zero-order chi connectivity index (χ0) is 25.4. The number of rotatable bonds is 5. The number of carbonyl (C=O) groups excluding carboxylic acids is 1. The lowest BCUT2D eigenvalue weighted by Crippen LogP contribution is -2.67. The van der Waals surface area contributed by atoms with Crippen LogP contribution in [-0.2, 0) is 10.3 Å². The first-order valence-electron chi connectivity index (χ1n) is 13.2. The maximum atomic E-state index is 13.5. The van der Waals surface area contributed by atoms with Crippen LogP contribution in [0.5, 0.6) is 0 Å². The molecule has 3 aromatic carbocycles. The second kappa shape index (κ2) is 9.40. The van der Waals surface area contributed by atoms with E-state index in [1.54, 1.807) is 0 Å². The Hall–Kier alpha value is -3.11. The predicted molar refractivity (Wildman–Crippen MR) is 145 cm³/mol. The molecule has 36 heavy (non-hydrogen) atoms. The van der Waals surface area contributed by atoms with Gasteiger partial charge in [-0.05, 0) is 56.7 Å². The van der Waals surface area contributed by atoms with E-state index in [-0.39, 0.29) is 17.7 Å². The Labute approximate surface area is 215 Å². The number of amides is 1. The van der Waals surface area contributed by atoms with Crippen molar-refractivity contribution in [1.29, 1.82) is 0 Å². The molecule has 0 radical (unpaired) electrons. The van der Waals surface area contributed by atoms with E-state index in [4.69, 9.17) is 4.74 Å². The molecule has 4 nitrogen and oxygen atoms in total. The van der Waals surface area contributed by atoms with Crippen LogP contribution < -0.4 is 0 Å². The van der Waals surface area contributed by atoms with E-state index >= 15 is 0 Å². The van der Waals surface area contributed by atoms with Crippen molar-refractivity contribution >= 4 is 6.09 Å². The molecule has 2 aliphatic rings. The van der Waals surface area contributed by atoms with Crippen LogP contribution in [0.25, 0.3) is 0 Å². The van der Waals surface area contributed by atoms with E-state index in [9.17, 15) is 4.79 Å². The van der Waals surface area contributed by atoms with Gasteiger partial charge in [-0.3, -0.25) is 9.80 Å². The minimum absolute atomic E-state index is 0.115. The highest BCUT2D eigenvalue weighted by Gasteiger charge is 2.57. The summed E-state index contributed by atoms with van der Waals surface area (Å²) in [6, 6.07) is 32.7. The number of likely N-dealkylation sites (tertiary alicyclic amines) is 1. The van der Waals surface area contributed by atoms with Crippen molar-refractivity contribution in [2.24, 2.45) is 0 Å². The predicted octanol–water partition coefficient (Wildman–Crippen LogP) is 6.84. The fourth-order valence-corrected chi connectivity index (χ4v) is 6.53. The third-order valence-corrected chi connectivity index (χ3v) is 8.03. The molecule has 2 fully saturated rings. The molecule has 0 spiro atoms. The largest absolute Gasteiger partial charge is 0.444 e. The lowest BCUT2D eigenvalue weighted by Gasteiger charge is -2.55. The van der Waals surface area contributed by atoms with Gasteiger partial charge in [0.15, 0.2) is 0 Å². The Morgan fingerprint density at radius 2 is 1.33 bits per heavy atom. The molecular formula is C32H38N2O2. The van der Waals surface area contributed by atoms with Crippen molar-refractivity contribution in [2.45, 2.75) is 69.7 Å². The second-order valence-corrected chi connectivity index (χ2v) is 11.3. The van der Waals surface area contributed by atoms with Crippen molar-refractivity contribution in [3.05, 3.63) is 108 Å². The van der Waals surface area contributed by atoms with Crippen molar-refractivity contribution < 1.29 is 9.53 Å². The van der Waals surface area contributed by atoms with Gasteiger partial charge in [0, 0.05) is 19.1 Å². The molecule has 2 heterocycles. The van der Waals surface area contributed by atoms with Gasteiger partial charge in [0.1, 0.15) is 5.60 Å². The van der Waals surface area contributed by atoms with Crippen molar-refractivity contribution in [3.8, 4) is 0 Å². The van der Waals surface area contributed by atoms with Crippen LogP contribution >= 0.6 is 0 Å². The zero-order valence-electron chi connectivity index (χ0n) is 22.0. The molecule has 0 aromatic heterocycles. The molecule has 0 N–H and O–H groups in total. The van der Waals surface area contributed by atoms with Gasteiger partial charge in [-0.25, -0.2) is 4.79 Å². The average Bonchev–Trinajstić information content (AvgIpc) is 3.13. The molecule has 188 valence electrons. The monoisotopic (exact) mass is 482 g/mol. The van der Waals surface area contributed by atoms with E-state index in [0.29, 0.717) is 0 Å². The van der Waals surface area contributed by atoms with Crippen LogP contribution in [0.15, 0.2) is 91.0 Å². The summed E-state index contributed by atoms with van der Waals surface area (Å²) in [6.07, 6.45) is 2.72. The number of benzene rings is 3. The number of piperazine rings is 1. The summed E-state index contributed by atoms with van der Waals surface area (Å²) in [4.78, 5) is 18.2. The van der Waals surface area contributed by atoms with Crippen LogP contribution in [-0.4, -0.2) is 46.2 Å². The first-order valence-corrected chi connectivity index (χ1v) is 13.2. The van der Waals surface area contributed by atoms with Crippen molar-refractivity contribution in [1.82, 2.24) is 9.80 Å². The molecule has 2 atom stereocenters. The molecule has 2 bridgehead atoms. The van der Waals surface area contributed by atoms with Gasteiger partial charge in [0.2, 0.25) is 0 Å². The topological polar surface area (TPSA) is 32.8 Å². The first kappa shape index (κ1) is 24.6. The van der Waals surface area contributed by atoms with E-state index < -0.39 is 11.1 Å². The van der Waals surface area contributed by atoms with Gasteiger partial charge in [0.25, 0.3) is 0 Å². The fourth-order valence-electron chi connectivity index (χ4n) is 6.53. The van der Waals surface area contributed by atoms with Crippen molar-refractivity contribution in [2.75, 3.05) is 13.1 Å². The number of carbonyl (C=O) groups is 1. The Kier molecular flexibility index (Phi) is 6.42. The van der Waals surface area contributed by atoms with Gasteiger partial charge in [0.05, 0.1) is 11.1 Å². The minimum atomic E-state index is -0.509. The van der Waals surface area contributed by atoms with Gasteiger partial charge >= 0.3 is 6.09 Å². The molecule has 1 amide bonds. The van der Waals surface area contributed by atoms with E-state index in [2.05, 4.69) is 108 Å². The standard InChI is InChI=1S/C32H38N2O2/c1-5-31-22-21-28(34(31)29(35)36-30(2,3)4)23-33(24-31)32(25-15-9-6-10-16-25,26-17-11-7-12-18-26)27-19-13-8-14-20-27/h6-20,28H,5,21-24H2,1-4H3. The molecular weight excluding hydrogens is 444 g/mol. The van der Waals surface area contributed by atoms with Crippen LogP contribution in [0, 0.1) is 0 Å². The summed E-state index contributed by atoms with van der Waals surface area (Å²) < 4.78 is 5.93. The highest BCUT2D eigenvalue weighted by atomic mass is 16.6. The molecule has 2 saturated heterocycles. The van der Waals surface area contributed by atoms with Gasteiger partial charge in [-0.1, -0.05) is 97.9 Å². The van der Waals surface area contributed by atoms with E-state index in [1.807, 2.05) is 20.8 Å². The smallest absolute Gasteiger partial charge is 0.411 e. The van der Waals surface area contributed by atoms with Crippen LogP contribution in [0.4, 0.5) is 4.79 Å². The van der Waals surface area contributed by atoms with Crippen molar-refractivity contribution in [3.63, 3.8) is 0 Å². The quantitative estimate of drug-likeness (QED) is 0.373. The average molecular weight is 483 g/mol. The number of ether oxygens (including phenoxy) is 1. The molecule has 4 heteroatoms. The van der Waals surface area contributed by atoms with Crippen LogP contribution in [0.3, 0.4) is 0 Å². The van der Waals surface area contributed by atoms with Gasteiger partial charge in [-0.15, -0.1) is 0 Å². The van der Waals surface area contributed by atoms with Gasteiger partial charge < -0.3 is 4.74 Å². The summed E-state index contributed by atoms with van der Waals surface area (Å²) in [6.45, 7) is 9.66. The second-order valence-electron chi connectivity index (χ2n) is 11.3. The molecule has 0 saturated carbocycles.